The second-order valence-corrected chi connectivity index (χ2v) is 20.3. The fraction of sp³-hybridized carbons (Fsp3) is 1.00. The zero-order valence-corrected chi connectivity index (χ0v) is 51.9. The maximum atomic E-state index is 11.6. The van der Waals surface area contributed by atoms with Gasteiger partial charge in [0.25, 0.3) is 0 Å². The van der Waals surface area contributed by atoms with E-state index in [1.807, 2.05) is 41.5 Å². The maximum absolute atomic E-state index is 11.6. The summed E-state index contributed by atoms with van der Waals surface area (Å²) in [6, 6.07) is 0. The van der Waals surface area contributed by atoms with Crippen LogP contribution in [-0.4, -0.2) is 37.1 Å². The zero-order valence-electron chi connectivity index (χ0n) is 55.9. The van der Waals surface area contributed by atoms with E-state index in [0.717, 1.165) is 67.2 Å². The van der Waals surface area contributed by atoms with Crippen LogP contribution in [0.3, 0.4) is 0 Å². The lowest BCUT2D eigenvalue weighted by Crippen LogP contribution is -2.44. The fourth-order valence-corrected chi connectivity index (χ4v) is 0.746. The quantitative estimate of drug-likeness (QED) is 0.233. The summed E-state index contributed by atoms with van der Waals surface area (Å²) >= 11 is 0. The van der Waals surface area contributed by atoms with Gasteiger partial charge in [-0.2, -0.15) is 79.0 Å². The third kappa shape index (κ3) is 112. The molecule has 1 unspecified atom stereocenters. The lowest BCUT2D eigenvalue weighted by atomic mass is 9.92. The number of halogens is 18. The van der Waals surface area contributed by atoms with Crippen LogP contribution in [-0.2, 0) is 0 Å². The molecule has 0 saturated heterocycles. The molecule has 0 bridgehead atoms. The summed E-state index contributed by atoms with van der Waals surface area (Å²) in [4.78, 5) is 0. The van der Waals surface area contributed by atoms with Crippen molar-refractivity contribution in [3.8, 4) is 0 Å². The van der Waals surface area contributed by atoms with Crippen LogP contribution in [0.15, 0.2) is 0 Å². The highest BCUT2D eigenvalue weighted by Crippen LogP contribution is 2.49. The van der Waals surface area contributed by atoms with Crippen molar-refractivity contribution in [1.82, 2.24) is 0 Å². The Hall–Kier alpha value is -1.26. The number of hydrogen-bond donors (Lipinski definition) is 0. The third-order valence-corrected chi connectivity index (χ3v) is 7.23. The van der Waals surface area contributed by atoms with Crippen LogP contribution in [0.1, 0.15) is 284 Å². The van der Waals surface area contributed by atoms with Gasteiger partial charge in [-0.25, -0.2) is 0 Å². The smallest absolute Gasteiger partial charge is 0.171 e. The number of hydrogen-bond acceptors (Lipinski definition) is 0. The Morgan fingerprint density at radius 1 is 0.370 bits per heavy atom. The summed E-state index contributed by atoms with van der Waals surface area (Å²) in [7, 11) is 0. The van der Waals surface area contributed by atoms with Gasteiger partial charge in [0, 0.05) is 11.4 Å². The summed E-state index contributed by atoms with van der Waals surface area (Å²) in [5.74, 6) is -2.00. The number of alkyl halides is 18. The summed E-state index contributed by atoms with van der Waals surface area (Å²) in [5, 5.41) is 0. The van der Waals surface area contributed by atoms with E-state index in [1.54, 1.807) is 6.92 Å². The van der Waals surface area contributed by atoms with Crippen molar-refractivity contribution < 1.29 is 84.5 Å². The Balaban J connectivity index is -0.0000000534. The van der Waals surface area contributed by atoms with Gasteiger partial charge < -0.3 is 0 Å². The largest absolute Gasteiger partial charge is 0.402 e. The average Bonchev–Trinajstić information content (AvgIpc) is 3.16. The fourth-order valence-electron chi connectivity index (χ4n) is 0.746. The van der Waals surface area contributed by atoms with Crippen LogP contribution in [0.4, 0.5) is 79.0 Å². The molecule has 0 aliphatic carbocycles. The van der Waals surface area contributed by atoms with Crippen molar-refractivity contribution in [2.75, 3.05) is 0 Å². The van der Waals surface area contributed by atoms with E-state index in [0.29, 0.717) is 6.42 Å². The second kappa shape index (κ2) is 56.9. The van der Waals surface area contributed by atoms with E-state index in [4.69, 9.17) is 5.48 Å². The highest BCUT2D eigenvalue weighted by molar-refractivity contribution is 4.84. The van der Waals surface area contributed by atoms with E-state index in [9.17, 15) is 79.0 Å². The minimum atomic E-state index is -5.24. The highest BCUT2D eigenvalue weighted by Gasteiger charge is 2.64. The summed E-state index contributed by atoms with van der Waals surface area (Å²) in [5.41, 5.74) is -6.75. The molecule has 73 heavy (non-hydrogen) atoms. The molecule has 0 fully saturated rings. The Bertz CT molecular complexity index is 1020. The number of rotatable bonds is 6. The van der Waals surface area contributed by atoms with E-state index in [1.165, 1.54) is 58.8 Å². The van der Waals surface area contributed by atoms with E-state index < -0.39 is 71.5 Å². The molecule has 0 nitrogen and oxygen atoms in total. The monoisotopic (exact) mass is 1120 g/mol. The second-order valence-electron chi connectivity index (χ2n) is 20.3. The van der Waals surface area contributed by atoms with Crippen molar-refractivity contribution in [2.24, 2.45) is 45.8 Å². The molecule has 0 aromatic heterocycles. The summed E-state index contributed by atoms with van der Waals surface area (Å²) in [6.45, 7) is 50.6. The minimum Gasteiger partial charge on any atom is -0.171 e. The van der Waals surface area contributed by atoms with E-state index >= 15 is 0 Å². The normalized spacial score (nSPS) is 13.1. The standard InChI is InChI=1S/C5H6F6.3C5H9F3.2C5H12.C4H7F3.4C4H10.C3H8.C2H6/c1-3(2,4(6,7)8)5(9,10)11;2*1-4(2,3)5(6,7)8;1-3-4(2)5(6,7)8;1-4-5(2)3;1-3-5-4-2;1-3(2)4(5,6)7;2*1-4(2)3;2*1-3-4-2;1-3-2;1-2/h1-2H3;2*1-3H3;4H,3H2,1-2H3;5H,4H2,1-3H3;3-5H2,1-2H3;3H,1-2H3;2*4H,1-3H3;2*3-4H2,1-2H3;3H2,1-2H3;1-2H3/i;;;;;;3D;4D;;3D2;;;. The molecule has 0 radical (unpaired) electrons. The molecular formula is C55H118F18. The highest BCUT2D eigenvalue weighted by atomic mass is 19.4. The van der Waals surface area contributed by atoms with Gasteiger partial charge in [0.2, 0.25) is 0 Å². The molecule has 1 atom stereocenters. The molecule has 0 aliphatic heterocycles. The lowest BCUT2D eigenvalue weighted by Gasteiger charge is -2.29. The van der Waals surface area contributed by atoms with Crippen LogP contribution in [0.2, 0.25) is 0 Å². The van der Waals surface area contributed by atoms with Gasteiger partial charge in [0.1, 0.15) is 0 Å². The molecule has 0 aromatic rings. The molecule has 0 saturated carbocycles. The van der Waals surface area contributed by atoms with Crippen molar-refractivity contribution in [2.45, 2.75) is 316 Å². The van der Waals surface area contributed by atoms with E-state index in [2.05, 4.69) is 83.1 Å². The first-order valence-electron chi connectivity index (χ1n) is 27.4. The maximum Gasteiger partial charge on any atom is 0.402 e. The molecule has 0 aliphatic rings. The molecular weight excluding hydrogens is 1000 g/mol. The molecule has 0 heterocycles. The molecule has 18 heteroatoms. The zero-order chi connectivity index (χ0) is 67.1. The first kappa shape index (κ1) is 91.2. The molecule has 0 amide bonds. The Kier molecular flexibility index (Phi) is 71.1. The predicted octanol–water partition coefficient (Wildman–Crippen LogP) is 26.8. The summed E-state index contributed by atoms with van der Waals surface area (Å²) < 4.78 is 235. The third-order valence-electron chi connectivity index (χ3n) is 7.23. The summed E-state index contributed by atoms with van der Waals surface area (Å²) in [6.07, 6.45) is -17.9. The first-order chi connectivity index (χ1) is 33.0. The van der Waals surface area contributed by atoms with Crippen LogP contribution in [0, 0.1) is 45.8 Å². The predicted molar refractivity (Wildman–Crippen MR) is 283 cm³/mol. The van der Waals surface area contributed by atoms with Crippen LogP contribution >= 0.6 is 0 Å². The van der Waals surface area contributed by atoms with Crippen molar-refractivity contribution in [3.63, 3.8) is 0 Å². The molecule has 464 valence electrons. The average molecular weight is 1130 g/mol. The Morgan fingerprint density at radius 3 is 0.534 bits per heavy atom. The van der Waals surface area contributed by atoms with Gasteiger partial charge in [-0.15, -0.1) is 0 Å². The van der Waals surface area contributed by atoms with Crippen LogP contribution in [0.5, 0.6) is 0 Å². The van der Waals surface area contributed by atoms with Crippen molar-refractivity contribution in [3.05, 3.63) is 0 Å². The first-order valence-corrected chi connectivity index (χ1v) is 25.4. The Labute approximate surface area is 445 Å². The lowest BCUT2D eigenvalue weighted by molar-refractivity contribution is -0.327. The van der Waals surface area contributed by atoms with E-state index in [-0.39, 0.29) is 26.2 Å². The van der Waals surface area contributed by atoms with Gasteiger partial charge in [-0.1, -0.05) is 259 Å². The molecule has 0 aromatic carbocycles. The van der Waals surface area contributed by atoms with Crippen molar-refractivity contribution >= 4 is 0 Å². The molecule has 0 spiro atoms. The molecule has 0 N–H and O–H groups in total. The van der Waals surface area contributed by atoms with Crippen LogP contribution < -0.4 is 0 Å². The van der Waals surface area contributed by atoms with Crippen molar-refractivity contribution in [1.29, 1.82) is 0 Å². The van der Waals surface area contributed by atoms with Gasteiger partial charge >= 0.3 is 37.1 Å². The van der Waals surface area contributed by atoms with Gasteiger partial charge in [-0.3, -0.25) is 0 Å². The van der Waals surface area contributed by atoms with Gasteiger partial charge in [0.05, 0.1) is 16.7 Å². The molecule has 0 rings (SSSR count). The van der Waals surface area contributed by atoms with Gasteiger partial charge in [0.15, 0.2) is 5.41 Å². The number of unbranched alkanes of at least 4 members (excludes halogenated alkanes) is 3. The van der Waals surface area contributed by atoms with Crippen LogP contribution in [0.25, 0.3) is 0 Å². The minimum absolute atomic E-state index is 0.104. The topological polar surface area (TPSA) is 0 Å². The van der Waals surface area contributed by atoms with Gasteiger partial charge in [-0.05, 0) is 38.0 Å². The Morgan fingerprint density at radius 2 is 0.534 bits per heavy atom. The SMILES string of the molecule is CC.CC(C)(C(F)(F)F)C(F)(F)F.CC(C)(C)C(F)(F)F.CC(C)(C)C(F)(F)F.CC(C)C.CCC.CCC(C)C.CCC(C)C(F)(F)F.CCCC.CCCCC.[2H]C(C)(C)C.[2H]C(C)(C)C(F)(F)F.[2H]C([2H])(C)CC.